The Labute approximate surface area is 102 Å². The van der Waals surface area contributed by atoms with Crippen molar-refractivity contribution in [2.75, 3.05) is 34.3 Å². The molecule has 0 aromatic carbocycles. The molecule has 0 bridgehead atoms. The molecule has 0 heterocycles. The van der Waals surface area contributed by atoms with Crippen LogP contribution < -0.4 is 0 Å². The Morgan fingerprint density at radius 1 is 1.06 bits per heavy atom. The van der Waals surface area contributed by atoms with Gasteiger partial charge >= 0.3 is 0 Å². The van der Waals surface area contributed by atoms with Crippen LogP contribution in [0.15, 0.2) is 0 Å². The Morgan fingerprint density at radius 3 is 1.65 bits per heavy atom. The van der Waals surface area contributed by atoms with Crippen LogP contribution in [0.2, 0.25) is 0 Å². The van der Waals surface area contributed by atoms with Crippen molar-refractivity contribution in [2.24, 2.45) is 0 Å². The van der Waals surface area contributed by atoms with Gasteiger partial charge in [-0.25, -0.2) is 0 Å². The molecule has 0 fully saturated rings. The average Bonchev–Trinajstić information content (AvgIpc) is 2.15. The lowest BCUT2D eigenvalue weighted by Crippen LogP contribution is -2.37. The summed E-state index contributed by atoms with van der Waals surface area (Å²) >= 11 is 0. The predicted octanol–water partition coefficient (Wildman–Crippen LogP) is -2.65. The van der Waals surface area contributed by atoms with Gasteiger partial charge in [-0.05, 0) is 0 Å². The van der Waals surface area contributed by atoms with Crippen molar-refractivity contribution in [2.45, 2.75) is 18.7 Å². The Bertz CT molecular complexity index is 187. The molecule has 8 nitrogen and oxygen atoms in total. The van der Waals surface area contributed by atoms with E-state index in [-0.39, 0.29) is 0 Å². The molecule has 0 aliphatic carbocycles. The zero-order chi connectivity index (χ0) is 14.1. The largest absolute Gasteiger partial charge is 0.382 e. The first-order chi connectivity index (χ1) is 7.61. The van der Waals surface area contributed by atoms with Crippen molar-refractivity contribution >= 4 is 8.69 Å². The van der Waals surface area contributed by atoms with Crippen LogP contribution in [0.4, 0.5) is 0 Å². The van der Waals surface area contributed by atoms with E-state index in [4.69, 9.17) is 30.1 Å². The van der Waals surface area contributed by atoms with Crippen LogP contribution in [-0.4, -0.2) is 83.0 Å². The topological polar surface area (TPSA) is 127 Å². The smallest absolute Gasteiger partial charge is 0.183 e. The van der Waals surface area contributed by atoms with Gasteiger partial charge in [-0.1, -0.05) is 0 Å². The van der Waals surface area contributed by atoms with Gasteiger partial charge in [-0.2, -0.15) is 0 Å². The summed E-state index contributed by atoms with van der Waals surface area (Å²) < 4.78 is 15.5. The third kappa shape index (κ3) is 15.9. The Balaban J connectivity index is 0. The van der Waals surface area contributed by atoms with Gasteiger partial charge in [0.05, 0.1) is 21.1 Å². The van der Waals surface area contributed by atoms with Gasteiger partial charge in [0.25, 0.3) is 0 Å². The van der Waals surface area contributed by atoms with E-state index in [2.05, 4.69) is 21.1 Å². The molecular weight excluding hydrogens is 253 g/mol. The summed E-state index contributed by atoms with van der Waals surface area (Å²) in [6, 6.07) is 0. The maximum Gasteiger partial charge on any atom is 0.183 e. The summed E-state index contributed by atoms with van der Waals surface area (Å²) in [6.07, 6.45) is -6.11. The Hall–Kier alpha value is -0.0500. The molecule has 0 aliphatic heterocycles. The minimum absolute atomic E-state index is 0.600. The third-order valence-corrected chi connectivity index (χ3v) is 1.93. The summed E-state index contributed by atoms with van der Waals surface area (Å²) in [5.41, 5.74) is 0. The quantitative estimate of drug-likeness (QED) is 0.155. The summed E-state index contributed by atoms with van der Waals surface area (Å²) in [5.74, 6) is 0. The maximum absolute atomic E-state index is 9.87. The third-order valence-electron chi connectivity index (χ3n) is 1.56. The molecule has 17 heavy (non-hydrogen) atoms. The monoisotopic (exact) mass is 276 g/mol. The fourth-order valence-corrected chi connectivity index (χ4v) is 0.730. The van der Waals surface area contributed by atoms with E-state index >= 15 is 0 Å². The average molecular weight is 276 g/mol. The standard InChI is InChI=1S/C5H15NO2P.C3H8O5/c1-6(2,3)4-5-8-9-7;4-1(2(5)6)3(7)8/h4-5,9H2,1-3H3;1-8H/q+1;. The molecule has 0 aromatic heterocycles. The highest BCUT2D eigenvalue weighted by molar-refractivity contribution is 7.17. The van der Waals surface area contributed by atoms with Crippen LogP contribution in [0.3, 0.4) is 0 Å². The van der Waals surface area contributed by atoms with Crippen molar-refractivity contribution in [1.82, 2.24) is 0 Å². The highest BCUT2D eigenvalue weighted by Gasteiger charge is 2.19. The van der Waals surface area contributed by atoms with Crippen molar-refractivity contribution in [1.29, 1.82) is 0 Å². The summed E-state index contributed by atoms with van der Waals surface area (Å²) in [6.45, 7) is 1.51. The minimum Gasteiger partial charge on any atom is -0.382 e. The molecule has 0 amide bonds. The molecule has 0 saturated carbocycles. The number of hydrogen-bond donors (Lipinski definition) is 5. The van der Waals surface area contributed by atoms with Crippen LogP contribution in [0, 0.1) is 0 Å². The first-order valence-corrected chi connectivity index (χ1v) is 5.82. The second-order valence-electron chi connectivity index (χ2n) is 4.30. The molecule has 106 valence electrons. The van der Waals surface area contributed by atoms with Gasteiger partial charge in [0.15, 0.2) is 27.4 Å². The fraction of sp³-hybridized carbons (Fsp3) is 1.00. The first kappa shape index (κ1) is 19.3. The van der Waals surface area contributed by atoms with Crippen LogP contribution in [0.1, 0.15) is 0 Å². The van der Waals surface area contributed by atoms with Gasteiger partial charge in [0.1, 0.15) is 13.2 Å². The molecular formula is C8H23NO7P+. The second-order valence-corrected chi connectivity index (χ2v) is 4.82. The van der Waals surface area contributed by atoms with E-state index in [0.29, 0.717) is 6.61 Å². The lowest BCUT2D eigenvalue weighted by molar-refractivity contribution is -0.870. The number of aliphatic hydroxyl groups excluding tert-OH is 3. The van der Waals surface area contributed by atoms with Crippen molar-refractivity contribution in [3.05, 3.63) is 0 Å². The molecule has 0 aromatic rings. The number of likely N-dealkylation sites (N-methyl/N-ethyl adjacent to an activating group) is 1. The van der Waals surface area contributed by atoms with Gasteiger partial charge in [-0.15, -0.1) is 0 Å². The van der Waals surface area contributed by atoms with Crippen molar-refractivity contribution < 1.29 is 39.1 Å². The van der Waals surface area contributed by atoms with Gasteiger partial charge in [0.2, 0.25) is 0 Å². The van der Waals surface area contributed by atoms with Crippen molar-refractivity contribution in [3.8, 4) is 0 Å². The van der Waals surface area contributed by atoms with Gasteiger partial charge in [-0.3, -0.25) is 4.57 Å². The summed E-state index contributed by atoms with van der Waals surface area (Å²) in [4.78, 5) is 0. The van der Waals surface area contributed by atoms with E-state index in [1.807, 2.05) is 0 Å². The molecule has 5 N–H and O–H groups in total. The molecule has 0 spiro atoms. The summed E-state index contributed by atoms with van der Waals surface area (Å²) in [7, 11) is 5.20. The fourth-order valence-electron chi connectivity index (χ4n) is 0.529. The normalized spacial score (nSPS) is 12.6. The molecule has 1 atom stereocenters. The van der Waals surface area contributed by atoms with E-state index in [9.17, 15) is 4.57 Å². The molecule has 0 aliphatic rings. The number of rotatable bonds is 6. The number of aliphatic hydroxyl groups is 5. The lowest BCUT2D eigenvalue weighted by Gasteiger charge is -2.22. The van der Waals surface area contributed by atoms with Gasteiger partial charge in [0, 0.05) is 0 Å². The zero-order valence-corrected chi connectivity index (χ0v) is 11.4. The molecule has 9 heteroatoms. The van der Waals surface area contributed by atoms with E-state index in [1.165, 1.54) is 0 Å². The van der Waals surface area contributed by atoms with Crippen LogP contribution in [0.25, 0.3) is 0 Å². The van der Waals surface area contributed by atoms with Crippen LogP contribution in [-0.2, 0) is 9.09 Å². The lowest BCUT2D eigenvalue weighted by atomic mass is 10.3. The Morgan fingerprint density at radius 2 is 1.47 bits per heavy atom. The van der Waals surface area contributed by atoms with E-state index in [0.717, 1.165) is 11.0 Å². The number of hydrogen-bond acceptors (Lipinski definition) is 7. The second kappa shape index (κ2) is 9.93. The number of quaternary nitrogens is 1. The SMILES string of the molecule is C[N+](C)(C)CCO[PH2]=O.OC(O)C(O)C(O)O. The summed E-state index contributed by atoms with van der Waals surface area (Å²) in [5, 5.41) is 40.1. The van der Waals surface area contributed by atoms with Crippen LogP contribution in [0.5, 0.6) is 0 Å². The van der Waals surface area contributed by atoms with E-state index < -0.39 is 27.4 Å². The highest BCUT2D eigenvalue weighted by Crippen LogP contribution is 1.96. The minimum atomic E-state index is -2.10. The highest BCUT2D eigenvalue weighted by atomic mass is 31.1. The van der Waals surface area contributed by atoms with E-state index in [1.54, 1.807) is 0 Å². The van der Waals surface area contributed by atoms with Gasteiger partial charge < -0.3 is 34.5 Å². The predicted molar refractivity (Wildman–Crippen MR) is 61.7 cm³/mol. The van der Waals surface area contributed by atoms with Crippen LogP contribution >= 0.6 is 8.69 Å². The molecule has 0 radical (unpaired) electrons. The molecule has 0 rings (SSSR count). The zero-order valence-electron chi connectivity index (χ0n) is 10.2. The molecule has 1 unspecified atom stereocenters. The maximum atomic E-state index is 9.87. The van der Waals surface area contributed by atoms with Crippen molar-refractivity contribution in [3.63, 3.8) is 0 Å². The molecule has 0 saturated heterocycles. The first-order valence-electron chi connectivity index (χ1n) is 4.88. The Kier molecular flexibility index (Phi) is 11.3. The number of nitrogens with zero attached hydrogens (tertiary/aromatic N) is 1.